The molecule has 2 fully saturated rings. The van der Waals surface area contributed by atoms with Crippen LogP contribution in [0.25, 0.3) is 0 Å². The van der Waals surface area contributed by atoms with Crippen molar-refractivity contribution in [3.8, 4) is 0 Å². The van der Waals surface area contributed by atoms with Crippen molar-refractivity contribution in [1.29, 1.82) is 0 Å². The Morgan fingerprint density at radius 1 is 1.27 bits per heavy atom. The van der Waals surface area contributed by atoms with Crippen LogP contribution < -0.4 is 0 Å². The highest BCUT2D eigenvalue weighted by Gasteiger charge is 2.48. The summed E-state index contributed by atoms with van der Waals surface area (Å²) in [6.07, 6.45) is 1.47. The molecule has 3 nitrogen and oxygen atoms in total. The zero-order chi connectivity index (χ0) is 8.06. The molecule has 1 heterocycles. The van der Waals surface area contributed by atoms with Gasteiger partial charge in [-0.15, -0.1) is 0 Å². The van der Waals surface area contributed by atoms with Crippen LogP contribution in [0, 0.1) is 0 Å². The van der Waals surface area contributed by atoms with Crippen molar-refractivity contribution < 1.29 is 14.6 Å². The van der Waals surface area contributed by atoms with Crippen molar-refractivity contribution >= 4 is 0 Å². The molecule has 1 saturated carbocycles. The first kappa shape index (κ1) is 7.53. The largest absolute Gasteiger partial charge is 0.390 e. The summed E-state index contributed by atoms with van der Waals surface area (Å²) in [5.41, 5.74) is 0. The predicted molar refractivity (Wildman–Crippen MR) is 39.1 cm³/mol. The summed E-state index contributed by atoms with van der Waals surface area (Å²) in [5, 5.41) is 9.43. The number of fused-ring (bicyclic) bond motifs is 1. The van der Waals surface area contributed by atoms with Crippen molar-refractivity contribution in [1.82, 2.24) is 0 Å². The minimum absolute atomic E-state index is 0.0787. The van der Waals surface area contributed by atoms with Crippen molar-refractivity contribution in [2.45, 2.75) is 50.8 Å². The first-order valence-corrected chi connectivity index (χ1v) is 4.12. The first-order chi connectivity index (χ1) is 5.08. The molecule has 0 aromatic carbocycles. The van der Waals surface area contributed by atoms with Gasteiger partial charge in [-0.3, -0.25) is 0 Å². The third-order valence-corrected chi connectivity index (χ3v) is 2.35. The van der Waals surface area contributed by atoms with Crippen molar-refractivity contribution in [3.05, 3.63) is 0 Å². The van der Waals surface area contributed by atoms with E-state index in [0.29, 0.717) is 0 Å². The highest BCUT2D eigenvalue weighted by molar-refractivity contribution is 4.92. The van der Waals surface area contributed by atoms with Crippen LogP contribution in [0.2, 0.25) is 0 Å². The molecular weight excluding hydrogens is 144 g/mol. The summed E-state index contributed by atoms with van der Waals surface area (Å²) >= 11 is 0. The topological polar surface area (TPSA) is 38.7 Å². The zero-order valence-corrected chi connectivity index (χ0v) is 6.91. The summed E-state index contributed by atoms with van der Waals surface area (Å²) in [6.45, 7) is 3.77. The first-order valence-electron chi connectivity index (χ1n) is 4.12. The number of ether oxygens (including phenoxy) is 2. The SMILES string of the molecule is CC1(C)OC2C(O)CC[C@H]2O1. The van der Waals surface area contributed by atoms with Gasteiger partial charge < -0.3 is 14.6 Å². The third-order valence-electron chi connectivity index (χ3n) is 2.35. The molecule has 0 amide bonds. The molecule has 0 bridgehead atoms. The second-order valence-corrected chi connectivity index (χ2v) is 3.78. The number of hydrogen-bond donors (Lipinski definition) is 1. The van der Waals surface area contributed by atoms with Crippen LogP contribution in [0.15, 0.2) is 0 Å². The molecule has 2 rings (SSSR count). The Labute approximate surface area is 66.3 Å². The number of aliphatic hydroxyl groups is 1. The molecule has 1 aliphatic carbocycles. The molecule has 0 radical (unpaired) electrons. The highest BCUT2D eigenvalue weighted by atomic mass is 16.8. The van der Waals surface area contributed by atoms with E-state index < -0.39 is 5.79 Å². The lowest BCUT2D eigenvalue weighted by Gasteiger charge is -2.19. The molecule has 1 N–H and O–H groups in total. The van der Waals surface area contributed by atoms with E-state index in [0.717, 1.165) is 12.8 Å². The average molecular weight is 158 g/mol. The minimum atomic E-state index is -0.489. The van der Waals surface area contributed by atoms with Gasteiger partial charge >= 0.3 is 0 Å². The van der Waals surface area contributed by atoms with Gasteiger partial charge in [0, 0.05) is 0 Å². The lowest BCUT2D eigenvalue weighted by atomic mass is 10.2. The maximum atomic E-state index is 9.43. The Kier molecular flexibility index (Phi) is 1.50. The lowest BCUT2D eigenvalue weighted by molar-refractivity contribution is -0.161. The molecule has 3 heteroatoms. The van der Waals surface area contributed by atoms with Crippen LogP contribution in [0.3, 0.4) is 0 Å². The predicted octanol–water partition coefficient (Wildman–Crippen LogP) is 0.661. The minimum Gasteiger partial charge on any atom is -0.390 e. The van der Waals surface area contributed by atoms with Gasteiger partial charge in [0.15, 0.2) is 5.79 Å². The van der Waals surface area contributed by atoms with Crippen LogP contribution in [0.4, 0.5) is 0 Å². The number of aliphatic hydroxyl groups excluding tert-OH is 1. The van der Waals surface area contributed by atoms with Gasteiger partial charge in [0.05, 0.1) is 12.2 Å². The number of rotatable bonds is 0. The van der Waals surface area contributed by atoms with Crippen LogP contribution in [-0.4, -0.2) is 29.2 Å². The van der Waals surface area contributed by atoms with Gasteiger partial charge in [-0.05, 0) is 26.7 Å². The maximum absolute atomic E-state index is 9.43. The normalized spacial score (nSPS) is 47.7. The van der Waals surface area contributed by atoms with Crippen LogP contribution in [0.5, 0.6) is 0 Å². The van der Waals surface area contributed by atoms with Crippen LogP contribution in [-0.2, 0) is 9.47 Å². The Morgan fingerprint density at radius 2 is 2.00 bits per heavy atom. The number of hydrogen-bond acceptors (Lipinski definition) is 3. The van der Waals surface area contributed by atoms with Gasteiger partial charge in [-0.1, -0.05) is 0 Å². The standard InChI is InChI=1S/C8H14O3/c1-8(2)10-6-4-3-5(9)7(6)11-8/h5-7,9H,3-4H2,1-2H3/t5?,6-,7?/m1/s1. The van der Waals surface area contributed by atoms with Crippen molar-refractivity contribution in [3.63, 3.8) is 0 Å². The molecule has 1 aliphatic heterocycles. The van der Waals surface area contributed by atoms with E-state index >= 15 is 0 Å². The fraction of sp³-hybridized carbons (Fsp3) is 1.00. The second kappa shape index (κ2) is 2.19. The summed E-state index contributed by atoms with van der Waals surface area (Å²) in [5.74, 6) is -0.489. The molecule has 11 heavy (non-hydrogen) atoms. The molecule has 3 atom stereocenters. The zero-order valence-electron chi connectivity index (χ0n) is 6.91. The fourth-order valence-electron chi connectivity index (χ4n) is 1.91. The summed E-state index contributed by atoms with van der Waals surface area (Å²) in [7, 11) is 0. The Morgan fingerprint density at radius 3 is 2.64 bits per heavy atom. The van der Waals surface area contributed by atoms with Gasteiger partial charge in [0.1, 0.15) is 6.10 Å². The summed E-state index contributed by atoms with van der Waals surface area (Å²) in [4.78, 5) is 0. The molecule has 64 valence electrons. The lowest BCUT2D eigenvalue weighted by Crippen LogP contribution is -2.28. The smallest absolute Gasteiger partial charge is 0.163 e. The van der Waals surface area contributed by atoms with E-state index in [4.69, 9.17) is 9.47 Å². The van der Waals surface area contributed by atoms with E-state index in [1.807, 2.05) is 13.8 Å². The molecule has 2 unspecified atom stereocenters. The van der Waals surface area contributed by atoms with Crippen molar-refractivity contribution in [2.75, 3.05) is 0 Å². The Hall–Kier alpha value is -0.120. The molecule has 0 aromatic rings. The van der Waals surface area contributed by atoms with Gasteiger partial charge in [0.25, 0.3) is 0 Å². The fourth-order valence-corrected chi connectivity index (χ4v) is 1.91. The van der Waals surface area contributed by atoms with E-state index in [9.17, 15) is 5.11 Å². The van der Waals surface area contributed by atoms with Crippen molar-refractivity contribution in [2.24, 2.45) is 0 Å². The maximum Gasteiger partial charge on any atom is 0.163 e. The molecule has 2 aliphatic rings. The van der Waals surface area contributed by atoms with Crippen LogP contribution in [0.1, 0.15) is 26.7 Å². The van der Waals surface area contributed by atoms with Gasteiger partial charge in [0.2, 0.25) is 0 Å². The molecule has 0 spiro atoms. The molecular formula is C8H14O3. The quantitative estimate of drug-likeness (QED) is 0.563. The Bertz CT molecular complexity index is 167. The highest BCUT2D eigenvalue weighted by Crippen LogP contribution is 2.37. The molecule has 1 saturated heterocycles. The van der Waals surface area contributed by atoms with E-state index in [1.165, 1.54) is 0 Å². The third kappa shape index (κ3) is 1.17. The average Bonchev–Trinajstić information content (AvgIpc) is 2.31. The van der Waals surface area contributed by atoms with Gasteiger partial charge in [-0.25, -0.2) is 0 Å². The monoisotopic (exact) mass is 158 g/mol. The van der Waals surface area contributed by atoms with E-state index in [-0.39, 0.29) is 18.3 Å². The summed E-state index contributed by atoms with van der Waals surface area (Å²) < 4.78 is 11.1. The van der Waals surface area contributed by atoms with E-state index in [2.05, 4.69) is 0 Å². The van der Waals surface area contributed by atoms with Gasteiger partial charge in [-0.2, -0.15) is 0 Å². The molecule has 0 aromatic heterocycles. The summed E-state index contributed by atoms with van der Waals surface area (Å²) in [6, 6.07) is 0. The Balaban J connectivity index is 2.10. The van der Waals surface area contributed by atoms with Crippen LogP contribution >= 0.6 is 0 Å². The van der Waals surface area contributed by atoms with E-state index in [1.54, 1.807) is 0 Å². The second-order valence-electron chi connectivity index (χ2n) is 3.78.